The molecule has 7 aliphatic rings. The van der Waals surface area contributed by atoms with Gasteiger partial charge in [-0.2, -0.15) is 0 Å². The third-order valence-electron chi connectivity index (χ3n) is 16.8. The highest BCUT2D eigenvalue weighted by Gasteiger charge is 2.71. The van der Waals surface area contributed by atoms with Crippen molar-refractivity contribution in [1.29, 1.82) is 0 Å². The molecule has 0 spiro atoms. The van der Waals surface area contributed by atoms with E-state index in [9.17, 15) is 30.0 Å². The molecule has 0 amide bonds. The Morgan fingerprint density at radius 3 is 2.06 bits per heavy atom. The highest BCUT2D eigenvalue weighted by atomic mass is 16.7. The van der Waals surface area contributed by atoms with Crippen LogP contribution in [0.1, 0.15) is 113 Å². The Labute approximate surface area is 367 Å². The van der Waals surface area contributed by atoms with Crippen LogP contribution in [0.15, 0.2) is 23.3 Å². The van der Waals surface area contributed by atoms with Gasteiger partial charge in [0.05, 0.1) is 54.9 Å². The summed E-state index contributed by atoms with van der Waals surface area (Å²) in [5.74, 6) is -1.56. The van der Waals surface area contributed by atoms with Gasteiger partial charge in [-0.25, -0.2) is 4.79 Å². The van der Waals surface area contributed by atoms with E-state index in [-0.39, 0.29) is 41.2 Å². The lowest BCUT2D eigenvalue weighted by atomic mass is 9.45. The van der Waals surface area contributed by atoms with E-state index >= 15 is 0 Å². The summed E-state index contributed by atoms with van der Waals surface area (Å²) in [4.78, 5) is 26.4. The van der Waals surface area contributed by atoms with Gasteiger partial charge in [-0.05, 0) is 104 Å². The van der Waals surface area contributed by atoms with Crippen LogP contribution in [0.5, 0.6) is 0 Å². The molecule has 21 atom stereocenters. The van der Waals surface area contributed by atoms with Crippen LogP contribution >= 0.6 is 0 Å². The van der Waals surface area contributed by atoms with Crippen molar-refractivity contribution in [3.8, 4) is 0 Å². The minimum atomic E-state index is -1.25. The Morgan fingerprint density at radius 2 is 1.47 bits per heavy atom. The van der Waals surface area contributed by atoms with Gasteiger partial charge in [-0.1, -0.05) is 31.6 Å². The third kappa shape index (κ3) is 8.42. The second kappa shape index (κ2) is 18.8. The number of rotatable bonds is 12. The van der Waals surface area contributed by atoms with Crippen molar-refractivity contribution in [2.75, 3.05) is 20.8 Å². The van der Waals surface area contributed by atoms with E-state index < -0.39 is 103 Å². The normalized spacial score (nSPS) is 49.6. The van der Waals surface area contributed by atoms with E-state index in [0.717, 1.165) is 19.3 Å². The van der Waals surface area contributed by atoms with Crippen molar-refractivity contribution in [2.24, 2.45) is 34.5 Å². The molecular weight excluding hydrogens is 805 g/mol. The molecule has 0 aromatic heterocycles. The van der Waals surface area contributed by atoms with Gasteiger partial charge in [0.25, 0.3) is 0 Å². The summed E-state index contributed by atoms with van der Waals surface area (Å²) < 4.78 is 56.3. The van der Waals surface area contributed by atoms with Crippen LogP contribution in [-0.4, -0.2) is 145 Å². The number of carbonyl (C=O) groups is 2. The number of methoxy groups -OCH3 is 2. The zero-order chi connectivity index (χ0) is 45.1. The minimum absolute atomic E-state index is 0.0364. The summed E-state index contributed by atoms with van der Waals surface area (Å²) >= 11 is 0. The van der Waals surface area contributed by atoms with Crippen LogP contribution < -0.4 is 0 Å². The average Bonchev–Trinajstić information content (AvgIpc) is 3.53. The lowest BCUT2D eigenvalue weighted by molar-refractivity contribution is -0.348. The SMILES string of the molecule is C/C=C(\C)C(=O)O[C@@H]1C[C@H]2[C@@H](CC=C3C[C@@H](OC4CC(OC)C(OC5CC(OC)C(OC6OC(C)C(O)C(CO)C6O)C(C)O5)C(C)O4)CC[C@@]32C)[C@@]2(O)CC[C@H](C(C)=O)[C@@]12C. The fourth-order valence-electron chi connectivity index (χ4n) is 12.8. The number of ether oxygens (including phenoxy) is 9. The quantitative estimate of drug-likeness (QED) is 0.123. The second-order valence-electron chi connectivity index (χ2n) is 19.9. The van der Waals surface area contributed by atoms with E-state index in [1.54, 1.807) is 41.1 Å². The number of aliphatic hydroxyl groups excluding tert-OH is 3. The van der Waals surface area contributed by atoms with Crippen molar-refractivity contribution >= 4 is 11.8 Å². The number of fused-ring (bicyclic) bond motifs is 5. The van der Waals surface area contributed by atoms with E-state index in [0.29, 0.717) is 44.1 Å². The predicted octanol–water partition coefficient (Wildman–Crippen LogP) is 4.29. The molecule has 0 aromatic rings. The van der Waals surface area contributed by atoms with E-state index in [2.05, 4.69) is 13.0 Å². The molecule has 0 radical (unpaired) electrons. The first-order valence-electron chi connectivity index (χ1n) is 23.1. The molecule has 4 N–H and O–H groups in total. The molecular formula is C47H74O15. The molecule has 13 unspecified atom stereocenters. The molecule has 3 heterocycles. The van der Waals surface area contributed by atoms with Gasteiger partial charge in [0.15, 0.2) is 18.9 Å². The van der Waals surface area contributed by atoms with Crippen LogP contribution in [0.2, 0.25) is 0 Å². The predicted molar refractivity (Wildman–Crippen MR) is 223 cm³/mol. The summed E-state index contributed by atoms with van der Waals surface area (Å²) in [7, 11) is 3.23. The lowest BCUT2D eigenvalue weighted by Crippen LogP contribution is -2.66. The van der Waals surface area contributed by atoms with Crippen molar-refractivity contribution in [3.63, 3.8) is 0 Å². The maximum absolute atomic E-state index is 13.3. The molecule has 3 aliphatic heterocycles. The number of carbonyl (C=O) groups excluding carboxylic acids is 2. The highest BCUT2D eigenvalue weighted by Crippen LogP contribution is 2.68. The van der Waals surface area contributed by atoms with Crippen molar-refractivity contribution in [1.82, 2.24) is 0 Å². The van der Waals surface area contributed by atoms with E-state index in [4.69, 9.17) is 42.6 Å². The van der Waals surface area contributed by atoms with Crippen LogP contribution in [0.4, 0.5) is 0 Å². The van der Waals surface area contributed by atoms with Crippen molar-refractivity contribution < 1.29 is 72.6 Å². The molecule has 352 valence electrons. The summed E-state index contributed by atoms with van der Waals surface area (Å²) in [5, 5.41) is 43.8. The number of hydrogen-bond donors (Lipinski definition) is 4. The smallest absolute Gasteiger partial charge is 0.333 e. The third-order valence-corrected chi connectivity index (χ3v) is 16.8. The van der Waals surface area contributed by atoms with E-state index in [1.165, 1.54) is 5.57 Å². The molecule has 15 nitrogen and oxygen atoms in total. The Balaban J connectivity index is 0.980. The average molecular weight is 879 g/mol. The van der Waals surface area contributed by atoms with Crippen LogP contribution in [0, 0.1) is 34.5 Å². The number of allylic oxidation sites excluding steroid dienone is 2. The summed E-state index contributed by atoms with van der Waals surface area (Å²) in [6, 6.07) is 0. The first-order valence-corrected chi connectivity index (χ1v) is 23.1. The second-order valence-corrected chi connectivity index (χ2v) is 19.9. The number of esters is 1. The molecule has 15 heteroatoms. The molecule has 3 saturated heterocycles. The molecule has 62 heavy (non-hydrogen) atoms. The maximum Gasteiger partial charge on any atom is 0.333 e. The van der Waals surface area contributed by atoms with Crippen LogP contribution in [-0.2, 0) is 52.2 Å². The fraction of sp³-hybridized carbons (Fsp3) is 0.872. The van der Waals surface area contributed by atoms with Crippen LogP contribution in [0.25, 0.3) is 0 Å². The number of aliphatic hydroxyl groups is 4. The Morgan fingerprint density at radius 1 is 0.839 bits per heavy atom. The van der Waals surface area contributed by atoms with Gasteiger partial charge < -0.3 is 63.1 Å². The van der Waals surface area contributed by atoms with Gasteiger partial charge in [0, 0.05) is 49.9 Å². The number of ketones is 1. The molecule has 6 fully saturated rings. The fourth-order valence-corrected chi connectivity index (χ4v) is 12.8. The van der Waals surface area contributed by atoms with Gasteiger partial charge in [0.2, 0.25) is 0 Å². The van der Waals surface area contributed by atoms with Gasteiger partial charge in [-0.15, -0.1) is 0 Å². The maximum atomic E-state index is 13.3. The monoisotopic (exact) mass is 879 g/mol. The van der Waals surface area contributed by atoms with Gasteiger partial charge in [0.1, 0.15) is 30.2 Å². The van der Waals surface area contributed by atoms with Gasteiger partial charge in [-0.3, -0.25) is 4.79 Å². The number of hydrogen-bond acceptors (Lipinski definition) is 15. The Bertz CT molecular complexity index is 1670. The zero-order valence-corrected chi connectivity index (χ0v) is 38.4. The summed E-state index contributed by atoms with van der Waals surface area (Å²) in [6.07, 6.45) is 0.725. The lowest BCUT2D eigenvalue weighted by Gasteiger charge is -2.63. The Kier molecular flexibility index (Phi) is 14.6. The first kappa shape index (κ1) is 48.1. The van der Waals surface area contributed by atoms with Gasteiger partial charge >= 0.3 is 5.97 Å². The molecule has 0 bridgehead atoms. The summed E-state index contributed by atoms with van der Waals surface area (Å²) in [6.45, 7) is 14.5. The van der Waals surface area contributed by atoms with Crippen molar-refractivity contribution in [2.45, 2.75) is 205 Å². The topological polar surface area (TPSA) is 198 Å². The highest BCUT2D eigenvalue weighted by molar-refractivity contribution is 5.88. The molecule has 3 saturated carbocycles. The minimum Gasteiger partial charge on any atom is -0.458 e. The largest absolute Gasteiger partial charge is 0.458 e. The Hall–Kier alpha value is -1.86. The van der Waals surface area contributed by atoms with E-state index in [1.807, 2.05) is 27.7 Å². The first-order chi connectivity index (χ1) is 29.3. The van der Waals surface area contributed by atoms with Crippen LogP contribution in [0.3, 0.4) is 0 Å². The molecule has 0 aromatic carbocycles. The zero-order valence-electron chi connectivity index (χ0n) is 38.4. The molecule has 7 rings (SSSR count). The summed E-state index contributed by atoms with van der Waals surface area (Å²) in [5.41, 5.74) is -0.458. The van der Waals surface area contributed by atoms with Crippen molar-refractivity contribution in [3.05, 3.63) is 23.3 Å². The molecule has 4 aliphatic carbocycles. The number of Topliss-reactive ketones (excluding diaryl/α,β-unsaturated/α-hetero) is 1. The standard InChI is InChI=1S/C47H74O15/c1-11-23(2)43(52)60-36-19-33-32(47(53)17-15-31(24(3)49)46(36,47)8)13-12-28-18-29(14-16-45(28,33)7)59-37-20-34(54-9)41(26(5)56-37)61-38-21-35(55-10)42(27(6)57-38)62-44-40(51)30(22-48)39(50)25(4)58-44/h11-12,25-27,29-42,44,48,50-51,53H,13-22H2,1-10H3/b23-11+/t25?,26?,27?,29-,30?,31+,32+,33-,34?,35?,36+,37?,38?,39?,40?,41?,42?,44?,45-,46-,47-/m0/s1.